The fourth-order valence-electron chi connectivity index (χ4n) is 3.58. The van der Waals surface area contributed by atoms with Gasteiger partial charge < -0.3 is 4.74 Å². The molecule has 1 aromatic heterocycles. The van der Waals surface area contributed by atoms with Gasteiger partial charge in [-0.05, 0) is 41.8 Å². The quantitative estimate of drug-likeness (QED) is 0.398. The molecular formula is C21H14Br2N2O2S. The molecule has 0 spiro atoms. The third kappa shape index (κ3) is 3.11. The zero-order valence-corrected chi connectivity index (χ0v) is 18.5. The number of carbonyl (C=O) groups excluding carboxylic acids is 1. The molecular weight excluding hydrogens is 504 g/mol. The summed E-state index contributed by atoms with van der Waals surface area (Å²) < 4.78 is 8.07. The summed E-state index contributed by atoms with van der Waals surface area (Å²) in [6.07, 6.45) is -0.0328. The van der Waals surface area contributed by atoms with Gasteiger partial charge in [0.15, 0.2) is 0 Å². The van der Waals surface area contributed by atoms with Crippen LogP contribution in [0.15, 0.2) is 74.0 Å². The van der Waals surface area contributed by atoms with Crippen molar-refractivity contribution in [2.45, 2.75) is 18.7 Å². The summed E-state index contributed by atoms with van der Waals surface area (Å²) in [7, 11) is 0. The summed E-state index contributed by atoms with van der Waals surface area (Å²) in [5.74, 6) is 0.643. The lowest BCUT2D eigenvalue weighted by molar-refractivity contribution is -0.00459. The van der Waals surface area contributed by atoms with Crippen LogP contribution in [0.2, 0.25) is 0 Å². The lowest BCUT2D eigenvalue weighted by Crippen LogP contribution is -2.45. The van der Waals surface area contributed by atoms with E-state index in [2.05, 4.69) is 44.0 Å². The number of Topliss-reactive ketones (excluding diaryl/α,β-unsaturated/α-hetero) is 1. The SMILES string of the molecule is O=C(c1ccc(Br)cc1)[C@H]1Oc2ccc(Br)cc2[C@@H]2CC(c3cccs3)=NN12. The molecule has 28 heavy (non-hydrogen) atoms. The standard InChI is InChI=1S/C21H14Br2N2O2S/c22-13-5-3-12(4-6-13)20(26)21-25-17(11-16(24-25)19-2-1-9-28-19)15-10-14(23)7-8-18(15)27-21/h1-10,17,21H,11H2/t17-,21+/m0/s1. The molecule has 0 fully saturated rings. The van der Waals surface area contributed by atoms with Crippen LogP contribution in [0, 0.1) is 0 Å². The van der Waals surface area contributed by atoms with Crippen LogP contribution in [0.3, 0.4) is 0 Å². The van der Waals surface area contributed by atoms with Crippen molar-refractivity contribution in [1.82, 2.24) is 5.01 Å². The van der Waals surface area contributed by atoms with Crippen LogP contribution >= 0.6 is 43.2 Å². The van der Waals surface area contributed by atoms with Gasteiger partial charge in [-0.3, -0.25) is 4.79 Å². The molecule has 0 aliphatic carbocycles. The summed E-state index contributed by atoms with van der Waals surface area (Å²) in [6.45, 7) is 0. The molecule has 0 N–H and O–H groups in total. The first kappa shape index (κ1) is 18.1. The molecule has 0 radical (unpaired) electrons. The maximum absolute atomic E-state index is 13.3. The second-order valence-electron chi connectivity index (χ2n) is 6.65. The van der Waals surface area contributed by atoms with Gasteiger partial charge in [0, 0.05) is 26.5 Å². The van der Waals surface area contributed by atoms with E-state index in [4.69, 9.17) is 9.84 Å². The summed E-state index contributed by atoms with van der Waals surface area (Å²) in [6, 6.07) is 17.3. The van der Waals surface area contributed by atoms with E-state index in [-0.39, 0.29) is 11.8 Å². The van der Waals surface area contributed by atoms with Gasteiger partial charge in [0.25, 0.3) is 6.23 Å². The Labute approximate surface area is 183 Å². The first-order valence-electron chi connectivity index (χ1n) is 8.76. The van der Waals surface area contributed by atoms with Crippen molar-refractivity contribution in [2.24, 2.45) is 5.10 Å². The summed E-state index contributed by atoms with van der Waals surface area (Å²) >= 11 is 8.62. The Balaban J connectivity index is 1.57. The minimum Gasteiger partial charge on any atom is -0.461 e. The second-order valence-corrected chi connectivity index (χ2v) is 9.43. The smallest absolute Gasteiger partial charge is 0.251 e. The summed E-state index contributed by atoms with van der Waals surface area (Å²) in [5.41, 5.74) is 2.64. The third-order valence-electron chi connectivity index (χ3n) is 4.91. The number of benzene rings is 2. The van der Waals surface area contributed by atoms with Gasteiger partial charge in [-0.1, -0.05) is 50.1 Å². The first-order valence-corrected chi connectivity index (χ1v) is 11.2. The van der Waals surface area contributed by atoms with Crippen LogP contribution in [0.4, 0.5) is 0 Å². The second kappa shape index (κ2) is 7.13. The lowest BCUT2D eigenvalue weighted by atomic mass is 9.97. The van der Waals surface area contributed by atoms with E-state index in [0.29, 0.717) is 5.56 Å². The Kier molecular flexibility index (Phi) is 4.61. The Morgan fingerprint density at radius 3 is 2.64 bits per heavy atom. The number of fused-ring (bicyclic) bond motifs is 3. The molecule has 5 rings (SSSR count). The number of hydrogen-bond acceptors (Lipinski definition) is 5. The molecule has 0 unspecified atom stereocenters. The minimum atomic E-state index is -0.780. The van der Waals surface area contributed by atoms with E-state index >= 15 is 0 Å². The fraction of sp³-hybridized carbons (Fsp3) is 0.143. The third-order valence-corrected chi connectivity index (χ3v) is 6.85. The zero-order chi connectivity index (χ0) is 19.3. The molecule has 140 valence electrons. The highest BCUT2D eigenvalue weighted by molar-refractivity contribution is 9.10. The molecule has 2 aliphatic rings. The van der Waals surface area contributed by atoms with Gasteiger partial charge >= 0.3 is 0 Å². The van der Waals surface area contributed by atoms with Crippen LogP contribution in [0.5, 0.6) is 5.75 Å². The molecule has 0 amide bonds. The number of ether oxygens (including phenoxy) is 1. The van der Waals surface area contributed by atoms with Crippen molar-refractivity contribution in [3.63, 3.8) is 0 Å². The van der Waals surface area contributed by atoms with Crippen LogP contribution in [0.25, 0.3) is 0 Å². The summed E-state index contributed by atoms with van der Waals surface area (Å²) in [5, 5.41) is 8.69. The molecule has 3 heterocycles. The minimum absolute atomic E-state index is 0.0252. The molecule has 0 bridgehead atoms. The normalized spacial score (nSPS) is 20.2. The number of halogens is 2. The van der Waals surface area contributed by atoms with Crippen molar-refractivity contribution in [1.29, 1.82) is 0 Å². The van der Waals surface area contributed by atoms with E-state index in [9.17, 15) is 4.79 Å². The Morgan fingerprint density at radius 2 is 1.89 bits per heavy atom. The van der Waals surface area contributed by atoms with E-state index in [1.165, 1.54) is 0 Å². The Bertz CT molecular complexity index is 1080. The van der Waals surface area contributed by atoms with Crippen molar-refractivity contribution in [2.75, 3.05) is 0 Å². The van der Waals surface area contributed by atoms with E-state index < -0.39 is 6.23 Å². The monoisotopic (exact) mass is 516 g/mol. The molecule has 3 aromatic rings. The van der Waals surface area contributed by atoms with E-state index in [1.807, 2.05) is 52.9 Å². The van der Waals surface area contributed by atoms with Gasteiger partial charge in [-0.15, -0.1) is 11.3 Å². The highest BCUT2D eigenvalue weighted by atomic mass is 79.9. The van der Waals surface area contributed by atoms with Crippen molar-refractivity contribution in [3.8, 4) is 5.75 Å². The maximum Gasteiger partial charge on any atom is 0.251 e. The predicted octanol–water partition coefficient (Wildman–Crippen LogP) is 6.03. The van der Waals surface area contributed by atoms with Crippen molar-refractivity contribution < 1.29 is 9.53 Å². The number of carbonyl (C=O) groups is 1. The molecule has 4 nitrogen and oxygen atoms in total. The average Bonchev–Trinajstić information content (AvgIpc) is 3.37. The fourth-order valence-corrected chi connectivity index (χ4v) is 4.94. The predicted molar refractivity (Wildman–Crippen MR) is 117 cm³/mol. The van der Waals surface area contributed by atoms with Gasteiger partial charge in [-0.2, -0.15) is 5.10 Å². The molecule has 2 aromatic carbocycles. The Morgan fingerprint density at radius 1 is 1.11 bits per heavy atom. The van der Waals surface area contributed by atoms with Crippen molar-refractivity contribution >= 4 is 54.7 Å². The lowest BCUT2D eigenvalue weighted by Gasteiger charge is -2.37. The first-order chi connectivity index (χ1) is 13.6. The Hall–Kier alpha value is -1.96. The topological polar surface area (TPSA) is 41.9 Å². The number of rotatable bonds is 3. The van der Waals surface area contributed by atoms with Crippen molar-refractivity contribution in [3.05, 3.63) is 84.9 Å². The number of ketones is 1. The molecule has 2 aliphatic heterocycles. The van der Waals surface area contributed by atoms with Crippen LogP contribution < -0.4 is 4.74 Å². The van der Waals surface area contributed by atoms with Gasteiger partial charge in [-0.25, -0.2) is 5.01 Å². The average molecular weight is 518 g/mol. The number of thiophene rings is 1. The molecule has 0 saturated carbocycles. The molecule has 2 atom stereocenters. The van der Waals surface area contributed by atoms with E-state index in [1.54, 1.807) is 11.3 Å². The van der Waals surface area contributed by atoms with E-state index in [0.717, 1.165) is 37.3 Å². The molecule has 0 saturated heterocycles. The molecule has 7 heteroatoms. The zero-order valence-electron chi connectivity index (χ0n) is 14.5. The van der Waals surface area contributed by atoms with Gasteiger partial charge in [0.05, 0.1) is 16.6 Å². The highest BCUT2D eigenvalue weighted by Gasteiger charge is 2.43. The maximum atomic E-state index is 13.3. The summed E-state index contributed by atoms with van der Waals surface area (Å²) in [4.78, 5) is 14.4. The van der Waals surface area contributed by atoms with Crippen LogP contribution in [-0.4, -0.2) is 22.7 Å². The van der Waals surface area contributed by atoms with Gasteiger partial charge in [0.2, 0.25) is 5.78 Å². The van der Waals surface area contributed by atoms with Gasteiger partial charge in [0.1, 0.15) is 5.75 Å². The van der Waals surface area contributed by atoms with Crippen LogP contribution in [-0.2, 0) is 0 Å². The highest BCUT2D eigenvalue weighted by Crippen LogP contribution is 2.44. The van der Waals surface area contributed by atoms with Crippen LogP contribution in [0.1, 0.15) is 33.3 Å². The number of hydrazone groups is 1. The number of hydrogen-bond donors (Lipinski definition) is 0. The number of nitrogens with zero attached hydrogens (tertiary/aromatic N) is 2. The largest absolute Gasteiger partial charge is 0.461 e.